The van der Waals surface area contributed by atoms with E-state index < -0.39 is 0 Å². The van der Waals surface area contributed by atoms with E-state index in [9.17, 15) is 0 Å². The normalized spacial score (nSPS) is 19.9. The lowest BCUT2D eigenvalue weighted by Gasteiger charge is -2.32. The molecule has 0 saturated carbocycles. The van der Waals surface area contributed by atoms with Gasteiger partial charge in [-0.3, -0.25) is 0 Å². The van der Waals surface area contributed by atoms with Gasteiger partial charge in [-0.25, -0.2) is 0 Å². The number of rotatable bonds is 23. The molecule has 0 radical (unpaired) electrons. The van der Waals surface area contributed by atoms with Crippen LogP contribution in [0.4, 0.5) is 0 Å². The van der Waals surface area contributed by atoms with E-state index in [1.165, 1.54) is 122 Å². The van der Waals surface area contributed by atoms with Crippen LogP contribution in [-0.4, -0.2) is 54.9 Å². The van der Waals surface area contributed by atoms with Gasteiger partial charge in [-0.2, -0.15) is 0 Å². The third-order valence-electron chi connectivity index (χ3n) is 8.62. The standard InChI is InChI=1S/C22H43BO4.C11H23BrO/c1-21(2)22(3,4)27-23(26-21)17-13-10-8-6-5-7-9-11-14-18-24-20-16-12-15-19-25-20;12-10-8-6-4-2-1-3-5-7-9-11-13/h20H,5-19H2,1-4H3;13H,1-11H2. The van der Waals surface area contributed by atoms with Gasteiger partial charge in [-0.15, -0.1) is 0 Å². The van der Waals surface area contributed by atoms with E-state index in [0.717, 1.165) is 37.7 Å². The minimum atomic E-state index is -0.188. The first-order valence-electron chi connectivity index (χ1n) is 17.1. The quantitative estimate of drug-likeness (QED) is 0.0690. The van der Waals surface area contributed by atoms with Crippen molar-refractivity contribution >= 4 is 23.0 Å². The lowest BCUT2D eigenvalue weighted by atomic mass is 9.82. The molecule has 1 N–H and O–H groups in total. The highest BCUT2D eigenvalue weighted by Gasteiger charge is 2.50. The predicted molar refractivity (Wildman–Crippen MR) is 174 cm³/mol. The molecule has 0 aromatic rings. The first-order chi connectivity index (χ1) is 19.3. The van der Waals surface area contributed by atoms with Crippen LogP contribution in [0, 0.1) is 0 Å². The molecule has 1 atom stereocenters. The van der Waals surface area contributed by atoms with E-state index in [0.29, 0.717) is 6.61 Å². The van der Waals surface area contributed by atoms with Gasteiger partial charge in [0.1, 0.15) is 0 Å². The van der Waals surface area contributed by atoms with E-state index >= 15 is 0 Å². The van der Waals surface area contributed by atoms with E-state index in [4.69, 9.17) is 23.9 Å². The van der Waals surface area contributed by atoms with Crippen LogP contribution >= 0.6 is 15.9 Å². The molecule has 2 heterocycles. The largest absolute Gasteiger partial charge is 0.457 e. The van der Waals surface area contributed by atoms with Gasteiger partial charge < -0.3 is 23.9 Å². The average Bonchev–Trinajstić information content (AvgIpc) is 3.14. The predicted octanol–water partition coefficient (Wildman–Crippen LogP) is 10.0. The highest BCUT2D eigenvalue weighted by Crippen LogP contribution is 2.38. The van der Waals surface area contributed by atoms with E-state index in [1.54, 1.807) is 0 Å². The van der Waals surface area contributed by atoms with Crippen molar-refractivity contribution in [3.8, 4) is 0 Å². The summed E-state index contributed by atoms with van der Waals surface area (Å²) in [5.41, 5.74) is -0.377. The third-order valence-corrected chi connectivity index (χ3v) is 9.18. The Morgan fingerprint density at radius 3 is 1.62 bits per heavy atom. The molecule has 40 heavy (non-hydrogen) atoms. The zero-order chi connectivity index (χ0) is 29.4. The minimum absolute atomic E-state index is 0.0174. The Labute approximate surface area is 257 Å². The SMILES string of the molecule is CC1(C)OB(CCCCCCCCCCCOC2CCCCO2)OC1(C)C.OCCCCCCCCCCCBr. The number of ether oxygens (including phenoxy) is 2. The minimum Gasteiger partial charge on any atom is -0.403 e. The molecule has 0 spiro atoms. The smallest absolute Gasteiger partial charge is 0.403 e. The highest BCUT2D eigenvalue weighted by atomic mass is 79.9. The molecule has 2 fully saturated rings. The number of aliphatic hydroxyl groups is 1. The number of hydrogen-bond donors (Lipinski definition) is 1. The summed E-state index contributed by atoms with van der Waals surface area (Å²) < 4.78 is 23.5. The summed E-state index contributed by atoms with van der Waals surface area (Å²) in [6.07, 6.45) is 28.1. The zero-order valence-electron chi connectivity index (χ0n) is 27.0. The summed E-state index contributed by atoms with van der Waals surface area (Å²) >= 11 is 3.44. The molecule has 1 unspecified atom stereocenters. The Morgan fingerprint density at radius 1 is 0.675 bits per heavy atom. The van der Waals surface area contributed by atoms with Crippen molar-refractivity contribution in [3.05, 3.63) is 0 Å². The number of unbranched alkanes of at least 4 members (excludes halogenated alkanes) is 16. The zero-order valence-corrected chi connectivity index (χ0v) is 28.6. The van der Waals surface area contributed by atoms with Crippen molar-refractivity contribution in [1.29, 1.82) is 0 Å². The lowest BCUT2D eigenvalue weighted by molar-refractivity contribution is -0.162. The first kappa shape index (κ1) is 38.4. The van der Waals surface area contributed by atoms with Crippen molar-refractivity contribution in [3.63, 3.8) is 0 Å². The van der Waals surface area contributed by atoms with Gasteiger partial charge in [-0.1, -0.05) is 112 Å². The fourth-order valence-electron chi connectivity index (χ4n) is 5.23. The molecule has 2 aliphatic rings. The highest BCUT2D eigenvalue weighted by molar-refractivity contribution is 9.09. The van der Waals surface area contributed by atoms with Crippen LogP contribution in [-0.2, 0) is 18.8 Å². The van der Waals surface area contributed by atoms with Crippen LogP contribution in [0.1, 0.15) is 163 Å². The van der Waals surface area contributed by atoms with E-state index in [1.807, 2.05) is 0 Å². The van der Waals surface area contributed by atoms with Crippen LogP contribution < -0.4 is 0 Å². The molecular weight excluding hydrogens is 567 g/mol. The Bertz CT molecular complexity index is 531. The van der Waals surface area contributed by atoms with Crippen LogP contribution in [0.5, 0.6) is 0 Å². The van der Waals surface area contributed by atoms with E-state index in [2.05, 4.69) is 43.6 Å². The topological polar surface area (TPSA) is 57.2 Å². The Morgan fingerprint density at radius 2 is 1.15 bits per heavy atom. The van der Waals surface area contributed by atoms with Crippen molar-refractivity contribution < 1.29 is 23.9 Å². The molecule has 0 aromatic carbocycles. The number of alkyl halides is 1. The molecular formula is C33H66BBrO5. The van der Waals surface area contributed by atoms with Gasteiger partial charge in [-0.05, 0) is 72.5 Å². The summed E-state index contributed by atoms with van der Waals surface area (Å²) in [6.45, 7) is 10.6. The van der Waals surface area contributed by atoms with Gasteiger partial charge >= 0.3 is 7.12 Å². The molecule has 5 nitrogen and oxygen atoms in total. The maximum absolute atomic E-state index is 8.56. The van der Waals surface area contributed by atoms with Gasteiger partial charge in [0.05, 0.1) is 11.2 Å². The summed E-state index contributed by atoms with van der Waals surface area (Å²) in [7, 11) is -0.0174. The molecule has 0 bridgehead atoms. The number of hydrogen-bond acceptors (Lipinski definition) is 5. The molecule has 0 aliphatic carbocycles. The van der Waals surface area contributed by atoms with Crippen LogP contribution in [0.3, 0.4) is 0 Å². The monoisotopic (exact) mass is 632 g/mol. The summed E-state index contributed by atoms with van der Waals surface area (Å²) in [6, 6.07) is 0. The Kier molecular flexibility index (Phi) is 23.7. The molecule has 2 aliphatic heterocycles. The molecule has 7 heteroatoms. The van der Waals surface area contributed by atoms with Crippen LogP contribution in [0.2, 0.25) is 6.32 Å². The Hall–Kier alpha value is 0.345. The number of halogens is 1. The maximum atomic E-state index is 8.56. The van der Waals surface area contributed by atoms with Crippen LogP contribution in [0.15, 0.2) is 0 Å². The summed E-state index contributed by atoms with van der Waals surface area (Å²) in [5.74, 6) is 0. The average molecular weight is 634 g/mol. The molecule has 0 aromatic heterocycles. The molecule has 2 rings (SSSR count). The lowest BCUT2D eigenvalue weighted by Crippen LogP contribution is -2.41. The van der Waals surface area contributed by atoms with Gasteiger partial charge in [0.25, 0.3) is 0 Å². The Balaban J connectivity index is 0.000000520. The molecule has 2 saturated heterocycles. The van der Waals surface area contributed by atoms with Crippen LogP contribution in [0.25, 0.3) is 0 Å². The second-order valence-electron chi connectivity index (χ2n) is 12.9. The third kappa shape index (κ3) is 19.5. The second kappa shape index (κ2) is 24.8. The van der Waals surface area contributed by atoms with Gasteiger partial charge in [0.15, 0.2) is 6.29 Å². The van der Waals surface area contributed by atoms with Gasteiger partial charge in [0.2, 0.25) is 0 Å². The van der Waals surface area contributed by atoms with Crippen molar-refractivity contribution in [1.82, 2.24) is 0 Å². The second-order valence-corrected chi connectivity index (χ2v) is 13.7. The molecule has 238 valence electrons. The van der Waals surface area contributed by atoms with Crippen molar-refractivity contribution in [2.75, 3.05) is 25.2 Å². The summed E-state index contributed by atoms with van der Waals surface area (Å²) in [4.78, 5) is 0. The maximum Gasteiger partial charge on any atom is 0.457 e. The summed E-state index contributed by atoms with van der Waals surface area (Å²) in [5, 5.41) is 9.72. The fourth-order valence-corrected chi connectivity index (χ4v) is 5.63. The van der Waals surface area contributed by atoms with Gasteiger partial charge in [0, 0.05) is 25.2 Å². The molecule has 0 amide bonds. The van der Waals surface area contributed by atoms with E-state index in [-0.39, 0.29) is 24.6 Å². The number of aliphatic hydroxyl groups excluding tert-OH is 1. The van der Waals surface area contributed by atoms with Crippen molar-refractivity contribution in [2.24, 2.45) is 0 Å². The van der Waals surface area contributed by atoms with Crippen molar-refractivity contribution in [2.45, 2.75) is 186 Å². The first-order valence-corrected chi connectivity index (χ1v) is 18.2. The fraction of sp³-hybridized carbons (Fsp3) is 1.00.